The van der Waals surface area contributed by atoms with E-state index in [2.05, 4.69) is 0 Å². The average molecular weight is 239 g/mol. The Morgan fingerprint density at radius 3 is 2.88 bits per heavy atom. The predicted octanol–water partition coefficient (Wildman–Crippen LogP) is 0.986. The van der Waals surface area contributed by atoms with Crippen LogP contribution in [0.15, 0.2) is 18.2 Å². The lowest BCUT2D eigenvalue weighted by Crippen LogP contribution is -2.29. The van der Waals surface area contributed by atoms with E-state index in [4.69, 9.17) is 5.11 Å². The van der Waals surface area contributed by atoms with E-state index in [1.165, 1.54) is 6.07 Å². The smallest absolute Gasteiger partial charge is 0.257 e. The topological polar surface area (TPSA) is 60.8 Å². The van der Waals surface area contributed by atoms with E-state index in [1.807, 2.05) is 0 Å². The lowest BCUT2D eigenvalue weighted by atomic mass is 10.1. The summed E-state index contributed by atoms with van der Waals surface area (Å²) in [7, 11) is 0. The molecule has 92 valence electrons. The van der Waals surface area contributed by atoms with Crippen LogP contribution in [0, 0.1) is 11.7 Å². The number of rotatable bonds is 2. The van der Waals surface area contributed by atoms with Crippen LogP contribution in [0.2, 0.25) is 0 Å². The third-order valence-corrected chi connectivity index (χ3v) is 3.02. The summed E-state index contributed by atoms with van der Waals surface area (Å²) in [4.78, 5) is 13.6. The zero-order chi connectivity index (χ0) is 12.4. The molecule has 0 radical (unpaired) electrons. The Morgan fingerprint density at radius 1 is 1.53 bits per heavy atom. The first-order valence-electron chi connectivity index (χ1n) is 5.50. The highest BCUT2D eigenvalue weighted by Gasteiger charge is 2.27. The molecule has 1 aliphatic rings. The van der Waals surface area contributed by atoms with Gasteiger partial charge in [-0.3, -0.25) is 4.79 Å². The quantitative estimate of drug-likeness (QED) is 0.809. The highest BCUT2D eigenvalue weighted by Crippen LogP contribution is 2.23. The number of aliphatic hydroxyl groups excluding tert-OH is 1. The molecule has 1 aromatic carbocycles. The fraction of sp³-hybridized carbons (Fsp3) is 0.417. The van der Waals surface area contributed by atoms with Gasteiger partial charge in [0.1, 0.15) is 11.6 Å². The fourth-order valence-corrected chi connectivity index (χ4v) is 2.02. The number of aliphatic hydroxyl groups is 1. The maximum atomic E-state index is 12.8. The second kappa shape index (κ2) is 4.71. The standard InChI is InChI=1S/C12H14FNO3/c13-9-1-2-10(11(16)5-9)12(17)14-4-3-8(6-14)7-15/h1-2,5,8,15-16H,3-4,6-7H2/t8-/m1/s1. The molecule has 1 fully saturated rings. The molecule has 1 amide bonds. The van der Waals surface area contributed by atoms with Gasteiger partial charge in [0.25, 0.3) is 5.91 Å². The normalized spacial score (nSPS) is 19.6. The maximum Gasteiger partial charge on any atom is 0.257 e. The summed E-state index contributed by atoms with van der Waals surface area (Å²) in [5, 5.41) is 18.5. The molecule has 1 atom stereocenters. The Hall–Kier alpha value is -1.62. The maximum absolute atomic E-state index is 12.8. The van der Waals surface area contributed by atoms with E-state index in [9.17, 15) is 14.3 Å². The summed E-state index contributed by atoms with van der Waals surface area (Å²) >= 11 is 0. The minimum atomic E-state index is -0.575. The summed E-state index contributed by atoms with van der Waals surface area (Å²) < 4.78 is 12.8. The van der Waals surface area contributed by atoms with Crippen LogP contribution in [0.4, 0.5) is 4.39 Å². The molecule has 1 aliphatic heterocycles. The molecular weight excluding hydrogens is 225 g/mol. The Kier molecular flexibility index (Phi) is 3.28. The minimum Gasteiger partial charge on any atom is -0.507 e. The second-order valence-electron chi connectivity index (χ2n) is 4.25. The number of phenols is 1. The van der Waals surface area contributed by atoms with Crippen LogP contribution in [0.5, 0.6) is 5.75 Å². The summed E-state index contributed by atoms with van der Waals surface area (Å²) in [6.45, 7) is 1.09. The van der Waals surface area contributed by atoms with Gasteiger partial charge in [-0.05, 0) is 18.6 Å². The van der Waals surface area contributed by atoms with Crippen LogP contribution in [0.25, 0.3) is 0 Å². The number of benzene rings is 1. The van der Waals surface area contributed by atoms with Gasteiger partial charge >= 0.3 is 0 Å². The number of halogens is 1. The molecule has 0 spiro atoms. The molecule has 0 unspecified atom stereocenters. The molecule has 4 nitrogen and oxygen atoms in total. The third kappa shape index (κ3) is 2.39. The van der Waals surface area contributed by atoms with E-state index < -0.39 is 5.82 Å². The fourth-order valence-electron chi connectivity index (χ4n) is 2.02. The van der Waals surface area contributed by atoms with E-state index in [0.29, 0.717) is 13.1 Å². The van der Waals surface area contributed by atoms with Gasteiger partial charge in [-0.15, -0.1) is 0 Å². The molecule has 2 rings (SSSR count). The Labute approximate surface area is 98.3 Å². The first-order chi connectivity index (χ1) is 8.11. The summed E-state index contributed by atoms with van der Waals surface area (Å²) in [6, 6.07) is 3.35. The van der Waals surface area contributed by atoms with Gasteiger partial charge in [-0.25, -0.2) is 4.39 Å². The number of carbonyl (C=O) groups is 1. The van der Waals surface area contributed by atoms with Crippen molar-refractivity contribution in [3.05, 3.63) is 29.6 Å². The number of carbonyl (C=O) groups excluding carboxylic acids is 1. The number of nitrogens with zero attached hydrogens (tertiary/aromatic N) is 1. The van der Waals surface area contributed by atoms with Gasteiger partial charge in [-0.2, -0.15) is 0 Å². The minimum absolute atomic E-state index is 0.0547. The van der Waals surface area contributed by atoms with E-state index in [0.717, 1.165) is 18.6 Å². The van der Waals surface area contributed by atoms with Crippen molar-refractivity contribution in [2.24, 2.45) is 5.92 Å². The number of likely N-dealkylation sites (tertiary alicyclic amines) is 1. The van der Waals surface area contributed by atoms with Crippen molar-refractivity contribution in [1.29, 1.82) is 0 Å². The van der Waals surface area contributed by atoms with Crippen molar-refractivity contribution in [2.45, 2.75) is 6.42 Å². The van der Waals surface area contributed by atoms with Crippen molar-refractivity contribution >= 4 is 5.91 Å². The molecule has 0 aliphatic carbocycles. The Balaban J connectivity index is 2.15. The number of amides is 1. The Bertz CT molecular complexity index is 436. The molecule has 17 heavy (non-hydrogen) atoms. The van der Waals surface area contributed by atoms with Crippen LogP contribution in [-0.2, 0) is 0 Å². The van der Waals surface area contributed by atoms with Crippen LogP contribution in [0.3, 0.4) is 0 Å². The molecule has 1 aromatic rings. The van der Waals surface area contributed by atoms with Crippen LogP contribution < -0.4 is 0 Å². The molecule has 1 heterocycles. The van der Waals surface area contributed by atoms with E-state index in [1.54, 1.807) is 4.90 Å². The Morgan fingerprint density at radius 2 is 2.29 bits per heavy atom. The van der Waals surface area contributed by atoms with Crippen LogP contribution in [-0.4, -0.2) is 40.7 Å². The monoisotopic (exact) mass is 239 g/mol. The van der Waals surface area contributed by atoms with Gasteiger partial charge in [-0.1, -0.05) is 0 Å². The molecule has 5 heteroatoms. The molecule has 0 bridgehead atoms. The molecule has 0 aromatic heterocycles. The lowest BCUT2D eigenvalue weighted by molar-refractivity contribution is 0.0779. The third-order valence-electron chi connectivity index (χ3n) is 3.02. The molecule has 1 saturated heterocycles. The summed E-state index contributed by atoms with van der Waals surface area (Å²) in [5.41, 5.74) is 0.102. The zero-order valence-electron chi connectivity index (χ0n) is 9.27. The molecule has 0 saturated carbocycles. The van der Waals surface area contributed by atoms with Crippen molar-refractivity contribution in [3.63, 3.8) is 0 Å². The van der Waals surface area contributed by atoms with Crippen molar-refractivity contribution in [2.75, 3.05) is 19.7 Å². The van der Waals surface area contributed by atoms with Crippen LogP contribution >= 0.6 is 0 Å². The van der Waals surface area contributed by atoms with Gasteiger partial charge in [0.2, 0.25) is 0 Å². The highest BCUT2D eigenvalue weighted by molar-refractivity contribution is 5.96. The molecular formula is C12H14FNO3. The average Bonchev–Trinajstić information content (AvgIpc) is 2.76. The zero-order valence-corrected chi connectivity index (χ0v) is 9.27. The van der Waals surface area contributed by atoms with Crippen molar-refractivity contribution < 1.29 is 19.4 Å². The number of aromatic hydroxyl groups is 1. The second-order valence-corrected chi connectivity index (χ2v) is 4.25. The lowest BCUT2D eigenvalue weighted by Gasteiger charge is -2.16. The van der Waals surface area contributed by atoms with Gasteiger partial charge in [0, 0.05) is 31.7 Å². The predicted molar refractivity (Wildman–Crippen MR) is 59.2 cm³/mol. The first-order valence-corrected chi connectivity index (χ1v) is 5.50. The van der Waals surface area contributed by atoms with Gasteiger partial charge in [0.15, 0.2) is 0 Å². The van der Waals surface area contributed by atoms with Gasteiger partial charge in [0.05, 0.1) is 5.56 Å². The van der Waals surface area contributed by atoms with E-state index >= 15 is 0 Å². The van der Waals surface area contributed by atoms with E-state index in [-0.39, 0.29) is 29.7 Å². The largest absolute Gasteiger partial charge is 0.507 e. The summed E-state index contributed by atoms with van der Waals surface area (Å²) in [6.07, 6.45) is 0.754. The number of hydrogen-bond acceptors (Lipinski definition) is 3. The highest BCUT2D eigenvalue weighted by atomic mass is 19.1. The number of hydrogen-bond donors (Lipinski definition) is 2. The van der Waals surface area contributed by atoms with Crippen LogP contribution in [0.1, 0.15) is 16.8 Å². The summed E-state index contributed by atoms with van der Waals surface area (Å²) in [5.74, 6) is -1.14. The first kappa shape index (κ1) is 11.9. The van der Waals surface area contributed by atoms with Gasteiger partial charge < -0.3 is 15.1 Å². The SMILES string of the molecule is O=C(c1ccc(F)cc1O)N1CC[C@@H](CO)C1. The van der Waals surface area contributed by atoms with Crippen molar-refractivity contribution in [3.8, 4) is 5.75 Å². The number of phenolic OH excluding ortho intramolecular Hbond substituents is 1. The molecule has 2 N–H and O–H groups in total. The van der Waals surface area contributed by atoms with Crippen molar-refractivity contribution in [1.82, 2.24) is 4.90 Å².